The minimum atomic E-state index is 0.536. The quantitative estimate of drug-likeness (QED) is 0.698. The largest absolute Gasteiger partial charge is 0.122 e. The van der Waals surface area contributed by atoms with Crippen LogP contribution in [0.4, 0.5) is 0 Å². The van der Waals surface area contributed by atoms with Crippen LogP contribution < -0.4 is 0 Å². The van der Waals surface area contributed by atoms with Crippen LogP contribution in [0.2, 0.25) is 0 Å². The van der Waals surface area contributed by atoms with Crippen LogP contribution in [-0.4, -0.2) is 0 Å². The van der Waals surface area contributed by atoms with Crippen LogP contribution in [0.5, 0.6) is 0 Å². The summed E-state index contributed by atoms with van der Waals surface area (Å²) in [5, 5.41) is 0. The summed E-state index contributed by atoms with van der Waals surface area (Å²) in [4.78, 5) is 0. The molecule has 0 spiro atoms. The Balaban J connectivity index is 3.36. The lowest BCUT2D eigenvalue weighted by atomic mass is 10.0. The van der Waals surface area contributed by atoms with Crippen LogP contribution in [0.3, 0.4) is 0 Å². The number of halogens is 3. The molecule has 0 bridgehead atoms. The van der Waals surface area contributed by atoms with Crippen LogP contribution in [0.1, 0.15) is 22.3 Å². The molecule has 0 radical (unpaired) electrons. The standard InChI is InChI=1S/C10H11BrCl2/c1-6-8(4-12)3-9(5-13)7(2)10(6)11/h3H,4-5H2,1-2H3. The van der Waals surface area contributed by atoms with Crippen molar-refractivity contribution < 1.29 is 0 Å². The Morgan fingerprint density at radius 3 is 1.77 bits per heavy atom. The Hall–Kier alpha value is 0.280. The molecule has 0 heterocycles. The van der Waals surface area contributed by atoms with E-state index in [0.29, 0.717) is 11.8 Å². The Bertz CT molecular complexity index is 293. The van der Waals surface area contributed by atoms with Crippen molar-refractivity contribution >= 4 is 39.1 Å². The highest BCUT2D eigenvalue weighted by molar-refractivity contribution is 9.10. The van der Waals surface area contributed by atoms with Gasteiger partial charge in [-0.05, 0) is 36.1 Å². The van der Waals surface area contributed by atoms with E-state index in [4.69, 9.17) is 23.2 Å². The second-order valence-corrected chi connectivity index (χ2v) is 4.35. The lowest BCUT2D eigenvalue weighted by molar-refractivity contribution is 1.18. The minimum Gasteiger partial charge on any atom is -0.122 e. The molecular weight excluding hydrogens is 271 g/mol. The van der Waals surface area contributed by atoms with Crippen LogP contribution in [0.15, 0.2) is 10.5 Å². The van der Waals surface area contributed by atoms with E-state index in [2.05, 4.69) is 35.8 Å². The zero-order valence-electron chi connectivity index (χ0n) is 7.63. The Morgan fingerprint density at radius 2 is 1.46 bits per heavy atom. The van der Waals surface area contributed by atoms with Crippen molar-refractivity contribution in [1.29, 1.82) is 0 Å². The number of alkyl halides is 2. The molecule has 0 atom stereocenters. The Labute approximate surface area is 97.4 Å². The van der Waals surface area contributed by atoms with E-state index < -0.39 is 0 Å². The summed E-state index contributed by atoms with van der Waals surface area (Å²) in [6, 6.07) is 2.08. The molecule has 0 nitrogen and oxygen atoms in total. The third-order valence-electron chi connectivity index (χ3n) is 2.26. The van der Waals surface area contributed by atoms with Gasteiger partial charge >= 0.3 is 0 Å². The molecule has 0 N–H and O–H groups in total. The van der Waals surface area contributed by atoms with Gasteiger partial charge in [-0.25, -0.2) is 0 Å². The topological polar surface area (TPSA) is 0 Å². The van der Waals surface area contributed by atoms with Crippen LogP contribution in [0.25, 0.3) is 0 Å². The first-order valence-corrected chi connectivity index (χ1v) is 5.87. The highest BCUT2D eigenvalue weighted by atomic mass is 79.9. The van der Waals surface area contributed by atoms with E-state index in [1.165, 1.54) is 11.1 Å². The van der Waals surface area contributed by atoms with Crippen molar-refractivity contribution in [1.82, 2.24) is 0 Å². The first kappa shape index (κ1) is 11.4. The van der Waals surface area contributed by atoms with Gasteiger partial charge in [-0.2, -0.15) is 0 Å². The van der Waals surface area contributed by atoms with Crippen molar-refractivity contribution in [3.05, 3.63) is 32.8 Å². The van der Waals surface area contributed by atoms with E-state index in [-0.39, 0.29) is 0 Å². The summed E-state index contributed by atoms with van der Waals surface area (Å²) in [5.74, 6) is 1.07. The van der Waals surface area contributed by atoms with Crippen molar-refractivity contribution in [3.63, 3.8) is 0 Å². The summed E-state index contributed by atoms with van der Waals surface area (Å²) in [7, 11) is 0. The van der Waals surface area contributed by atoms with Gasteiger partial charge in [-0.1, -0.05) is 22.0 Å². The molecule has 0 aromatic heterocycles. The third kappa shape index (κ3) is 2.20. The van der Waals surface area contributed by atoms with E-state index in [9.17, 15) is 0 Å². The van der Waals surface area contributed by atoms with Gasteiger partial charge < -0.3 is 0 Å². The first-order valence-electron chi connectivity index (χ1n) is 4.01. The molecule has 0 amide bonds. The van der Waals surface area contributed by atoms with Gasteiger partial charge in [-0.3, -0.25) is 0 Å². The van der Waals surface area contributed by atoms with E-state index >= 15 is 0 Å². The average Bonchev–Trinajstić information content (AvgIpc) is 2.15. The van der Waals surface area contributed by atoms with Gasteiger partial charge in [0.2, 0.25) is 0 Å². The number of hydrogen-bond donors (Lipinski definition) is 0. The Morgan fingerprint density at radius 1 is 1.08 bits per heavy atom. The highest BCUT2D eigenvalue weighted by Crippen LogP contribution is 2.29. The fourth-order valence-electron chi connectivity index (χ4n) is 1.27. The van der Waals surface area contributed by atoms with Gasteiger partial charge in [0.1, 0.15) is 0 Å². The van der Waals surface area contributed by atoms with Crippen LogP contribution >= 0.6 is 39.1 Å². The van der Waals surface area contributed by atoms with E-state index in [0.717, 1.165) is 15.6 Å². The fraction of sp³-hybridized carbons (Fsp3) is 0.400. The molecule has 3 heteroatoms. The maximum absolute atomic E-state index is 5.82. The third-order valence-corrected chi connectivity index (χ3v) is 4.02. The van der Waals surface area contributed by atoms with E-state index in [1.54, 1.807) is 0 Å². The zero-order valence-corrected chi connectivity index (χ0v) is 10.7. The molecule has 0 aliphatic rings. The second-order valence-electron chi connectivity index (χ2n) is 3.03. The summed E-state index contributed by atoms with van der Waals surface area (Å²) >= 11 is 15.2. The van der Waals surface area contributed by atoms with Crippen molar-refractivity contribution in [2.24, 2.45) is 0 Å². The van der Waals surface area contributed by atoms with Gasteiger partial charge in [-0.15, -0.1) is 23.2 Å². The SMILES string of the molecule is Cc1c(CCl)cc(CCl)c(C)c1Br. The lowest BCUT2D eigenvalue weighted by Crippen LogP contribution is -1.95. The molecule has 0 fully saturated rings. The normalized spacial score (nSPS) is 10.5. The van der Waals surface area contributed by atoms with Crippen LogP contribution in [0, 0.1) is 13.8 Å². The smallest absolute Gasteiger partial charge is 0.0477 e. The van der Waals surface area contributed by atoms with Gasteiger partial charge in [0.25, 0.3) is 0 Å². The maximum atomic E-state index is 5.82. The van der Waals surface area contributed by atoms with Crippen molar-refractivity contribution in [2.75, 3.05) is 0 Å². The molecule has 0 unspecified atom stereocenters. The lowest BCUT2D eigenvalue weighted by Gasteiger charge is -2.11. The Kier molecular flexibility index (Phi) is 4.08. The van der Waals surface area contributed by atoms with Gasteiger partial charge in [0, 0.05) is 16.2 Å². The average molecular weight is 282 g/mol. The summed E-state index contributed by atoms with van der Waals surface area (Å²) in [5.41, 5.74) is 4.72. The molecule has 72 valence electrons. The number of benzene rings is 1. The summed E-state index contributed by atoms with van der Waals surface area (Å²) in [6.45, 7) is 4.12. The molecule has 13 heavy (non-hydrogen) atoms. The molecule has 1 rings (SSSR count). The molecule has 0 aliphatic heterocycles. The highest BCUT2D eigenvalue weighted by Gasteiger charge is 2.08. The predicted octanol–water partition coefficient (Wildman–Crippen LogP) is 4.54. The second kappa shape index (κ2) is 4.68. The number of hydrogen-bond acceptors (Lipinski definition) is 0. The fourth-order valence-corrected chi connectivity index (χ4v) is 2.33. The molecule has 0 saturated heterocycles. The molecule has 0 saturated carbocycles. The first-order chi connectivity index (χ1) is 6.11. The van der Waals surface area contributed by atoms with Crippen LogP contribution in [-0.2, 0) is 11.8 Å². The summed E-state index contributed by atoms with van der Waals surface area (Å²) in [6.07, 6.45) is 0. The monoisotopic (exact) mass is 280 g/mol. The molecule has 0 aliphatic carbocycles. The van der Waals surface area contributed by atoms with E-state index in [1.807, 2.05) is 0 Å². The minimum absolute atomic E-state index is 0.536. The maximum Gasteiger partial charge on any atom is 0.0477 e. The predicted molar refractivity (Wildman–Crippen MR) is 62.7 cm³/mol. The molecule has 1 aromatic carbocycles. The zero-order chi connectivity index (χ0) is 10.0. The van der Waals surface area contributed by atoms with Crippen molar-refractivity contribution in [2.45, 2.75) is 25.6 Å². The molecule has 1 aromatic rings. The molecular formula is C10H11BrCl2. The van der Waals surface area contributed by atoms with Crippen molar-refractivity contribution in [3.8, 4) is 0 Å². The van der Waals surface area contributed by atoms with Gasteiger partial charge in [0.05, 0.1) is 0 Å². The number of rotatable bonds is 2. The van der Waals surface area contributed by atoms with Gasteiger partial charge in [0.15, 0.2) is 0 Å². The summed E-state index contributed by atoms with van der Waals surface area (Å²) < 4.78 is 1.13.